The lowest BCUT2D eigenvalue weighted by Crippen LogP contribution is -2.16. The molecule has 0 aliphatic rings. The Kier molecular flexibility index (Phi) is 3.22. The molecule has 0 amide bonds. The van der Waals surface area contributed by atoms with E-state index in [0.717, 1.165) is 16.5 Å². The maximum atomic E-state index is 13.5. The highest BCUT2D eigenvalue weighted by atomic mass is 19.1. The van der Waals surface area contributed by atoms with E-state index in [2.05, 4.69) is 0 Å². The van der Waals surface area contributed by atoms with Crippen LogP contribution in [0.3, 0.4) is 0 Å². The second-order valence-electron chi connectivity index (χ2n) is 4.88. The summed E-state index contributed by atoms with van der Waals surface area (Å²) in [7, 11) is 3.26. The van der Waals surface area contributed by atoms with Crippen LogP contribution in [0, 0.1) is 5.82 Å². The molecule has 0 saturated carbocycles. The summed E-state index contributed by atoms with van der Waals surface area (Å²) >= 11 is 0. The summed E-state index contributed by atoms with van der Waals surface area (Å²) in [5, 5.41) is 1.34. The molecule has 21 heavy (non-hydrogen) atoms. The molecule has 3 aromatic rings. The molecule has 0 fully saturated rings. The first-order valence-electron chi connectivity index (χ1n) is 6.53. The van der Waals surface area contributed by atoms with Gasteiger partial charge in [-0.15, -0.1) is 0 Å². The molecule has 1 aromatic heterocycles. The Bertz CT molecular complexity index is 884. The highest BCUT2D eigenvalue weighted by Gasteiger charge is 2.10. The van der Waals surface area contributed by atoms with Gasteiger partial charge in [0.25, 0.3) is 5.56 Å². The van der Waals surface area contributed by atoms with Crippen LogP contribution in [0.2, 0.25) is 0 Å². The zero-order valence-electron chi connectivity index (χ0n) is 11.8. The number of pyridine rings is 1. The van der Waals surface area contributed by atoms with Crippen molar-refractivity contribution >= 4 is 10.8 Å². The molecule has 1 heterocycles. The minimum Gasteiger partial charge on any atom is -0.497 e. The molecule has 0 aliphatic carbocycles. The number of aromatic nitrogens is 1. The molecule has 0 spiro atoms. The molecule has 0 bridgehead atoms. The predicted molar refractivity (Wildman–Crippen MR) is 81.1 cm³/mol. The van der Waals surface area contributed by atoms with Crippen LogP contribution in [-0.2, 0) is 7.05 Å². The van der Waals surface area contributed by atoms with Gasteiger partial charge in [-0.25, -0.2) is 4.39 Å². The number of fused-ring (bicyclic) bond motifs is 1. The molecule has 106 valence electrons. The summed E-state index contributed by atoms with van der Waals surface area (Å²) in [5.74, 6) is 0.353. The molecular weight excluding hydrogens is 269 g/mol. The third-order valence-electron chi connectivity index (χ3n) is 3.53. The Morgan fingerprint density at radius 3 is 2.62 bits per heavy atom. The number of ether oxygens (including phenoxy) is 1. The smallest absolute Gasteiger partial charge is 0.258 e. The number of hydrogen-bond donors (Lipinski definition) is 0. The second-order valence-corrected chi connectivity index (χ2v) is 4.88. The number of rotatable bonds is 2. The molecule has 0 unspecified atom stereocenters. The van der Waals surface area contributed by atoms with Crippen molar-refractivity contribution in [3.05, 3.63) is 64.8 Å². The van der Waals surface area contributed by atoms with Crippen molar-refractivity contribution < 1.29 is 9.13 Å². The van der Waals surface area contributed by atoms with E-state index in [1.807, 2.05) is 6.07 Å². The molecule has 0 atom stereocenters. The normalized spacial score (nSPS) is 10.8. The van der Waals surface area contributed by atoms with E-state index in [9.17, 15) is 9.18 Å². The van der Waals surface area contributed by atoms with Crippen molar-refractivity contribution in [3.63, 3.8) is 0 Å². The summed E-state index contributed by atoms with van der Waals surface area (Å²) < 4.78 is 20.2. The number of nitrogens with zero attached hydrogens (tertiary/aromatic N) is 1. The number of aryl methyl sites for hydroxylation is 1. The summed E-state index contributed by atoms with van der Waals surface area (Å²) in [4.78, 5) is 12.2. The van der Waals surface area contributed by atoms with Gasteiger partial charge in [-0.05, 0) is 35.9 Å². The van der Waals surface area contributed by atoms with E-state index in [0.29, 0.717) is 11.1 Å². The fourth-order valence-corrected chi connectivity index (χ4v) is 2.46. The number of hydrogen-bond acceptors (Lipinski definition) is 2. The molecule has 3 nitrogen and oxygen atoms in total. The van der Waals surface area contributed by atoms with E-state index in [-0.39, 0.29) is 11.4 Å². The van der Waals surface area contributed by atoms with Gasteiger partial charge in [-0.2, -0.15) is 0 Å². The number of methoxy groups -OCH3 is 1. The van der Waals surface area contributed by atoms with Crippen LogP contribution in [0.4, 0.5) is 4.39 Å². The predicted octanol–water partition coefficient (Wildman–Crippen LogP) is 3.35. The monoisotopic (exact) mass is 283 g/mol. The molecule has 4 heteroatoms. The zero-order valence-corrected chi connectivity index (χ0v) is 11.8. The summed E-state index contributed by atoms with van der Waals surface area (Å²) in [6.07, 6.45) is 1.72. The van der Waals surface area contributed by atoms with Gasteiger partial charge in [0.1, 0.15) is 11.6 Å². The lowest BCUT2D eigenvalue weighted by molar-refractivity contribution is 0.415. The quantitative estimate of drug-likeness (QED) is 0.722. The molecular formula is C17H14FNO2. The van der Waals surface area contributed by atoms with Gasteiger partial charge >= 0.3 is 0 Å². The largest absolute Gasteiger partial charge is 0.497 e. The molecule has 2 aromatic carbocycles. The van der Waals surface area contributed by atoms with Crippen molar-refractivity contribution in [2.24, 2.45) is 7.05 Å². The lowest BCUT2D eigenvalue weighted by Gasteiger charge is -2.11. The van der Waals surface area contributed by atoms with Crippen molar-refractivity contribution in [3.8, 4) is 16.9 Å². The fourth-order valence-electron chi connectivity index (χ4n) is 2.46. The molecule has 0 N–H and O–H groups in total. The van der Waals surface area contributed by atoms with E-state index in [4.69, 9.17) is 4.74 Å². The van der Waals surface area contributed by atoms with Crippen molar-refractivity contribution in [1.29, 1.82) is 0 Å². The van der Waals surface area contributed by atoms with Gasteiger partial charge in [0.05, 0.1) is 7.11 Å². The Balaban J connectivity index is 2.41. The summed E-state index contributed by atoms with van der Waals surface area (Å²) in [6, 6.07) is 11.6. The van der Waals surface area contributed by atoms with E-state index in [1.165, 1.54) is 16.7 Å². The summed E-state index contributed by atoms with van der Waals surface area (Å²) in [5.41, 5.74) is 1.43. The van der Waals surface area contributed by atoms with E-state index < -0.39 is 0 Å². The third-order valence-corrected chi connectivity index (χ3v) is 3.53. The SMILES string of the molecule is COc1ccc2c(=O)n(C)cc(-c3cccc(F)c3)c2c1. The number of halogens is 1. The van der Waals surface area contributed by atoms with E-state index >= 15 is 0 Å². The van der Waals surface area contributed by atoms with Crippen LogP contribution in [-0.4, -0.2) is 11.7 Å². The average molecular weight is 283 g/mol. The average Bonchev–Trinajstić information content (AvgIpc) is 2.50. The van der Waals surface area contributed by atoms with Gasteiger partial charge in [-0.3, -0.25) is 4.79 Å². The third kappa shape index (κ3) is 2.29. The Morgan fingerprint density at radius 1 is 1.10 bits per heavy atom. The summed E-state index contributed by atoms with van der Waals surface area (Å²) in [6.45, 7) is 0. The van der Waals surface area contributed by atoms with Crippen molar-refractivity contribution in [1.82, 2.24) is 4.57 Å². The lowest BCUT2D eigenvalue weighted by atomic mass is 10.0. The first-order valence-corrected chi connectivity index (χ1v) is 6.53. The first-order chi connectivity index (χ1) is 10.1. The second kappa shape index (κ2) is 5.05. The van der Waals surface area contributed by atoms with E-state index in [1.54, 1.807) is 44.6 Å². The maximum absolute atomic E-state index is 13.5. The zero-order chi connectivity index (χ0) is 15.0. The molecule has 0 saturated heterocycles. The van der Waals surface area contributed by atoms with Crippen molar-refractivity contribution in [2.75, 3.05) is 7.11 Å². The van der Waals surface area contributed by atoms with Crippen molar-refractivity contribution in [2.45, 2.75) is 0 Å². The highest BCUT2D eigenvalue weighted by Crippen LogP contribution is 2.29. The Hall–Kier alpha value is -2.62. The maximum Gasteiger partial charge on any atom is 0.258 e. The van der Waals surface area contributed by atoms with Gasteiger partial charge in [0, 0.05) is 29.6 Å². The molecule has 0 radical (unpaired) electrons. The fraction of sp³-hybridized carbons (Fsp3) is 0.118. The van der Waals surface area contributed by atoms with Gasteiger partial charge in [-0.1, -0.05) is 12.1 Å². The minimum absolute atomic E-state index is 0.0900. The molecule has 3 rings (SSSR count). The standard InChI is InChI=1S/C17H14FNO2/c1-19-10-16(11-4-3-5-12(18)8-11)15-9-13(21-2)6-7-14(15)17(19)20/h3-10H,1-2H3. The Morgan fingerprint density at radius 2 is 1.90 bits per heavy atom. The first kappa shape index (κ1) is 13.4. The number of benzene rings is 2. The minimum atomic E-state index is -0.308. The van der Waals surface area contributed by atoms with Crippen LogP contribution in [0.25, 0.3) is 21.9 Å². The van der Waals surface area contributed by atoms with Crippen LogP contribution >= 0.6 is 0 Å². The van der Waals surface area contributed by atoms with Gasteiger partial charge in [0.2, 0.25) is 0 Å². The van der Waals surface area contributed by atoms with Crippen LogP contribution in [0.15, 0.2) is 53.5 Å². The van der Waals surface area contributed by atoms with Crippen LogP contribution < -0.4 is 10.3 Å². The molecule has 0 aliphatic heterocycles. The van der Waals surface area contributed by atoms with Crippen LogP contribution in [0.5, 0.6) is 5.75 Å². The van der Waals surface area contributed by atoms with Gasteiger partial charge in [0.15, 0.2) is 0 Å². The Labute approximate surface area is 121 Å². The topological polar surface area (TPSA) is 31.2 Å². The highest BCUT2D eigenvalue weighted by molar-refractivity contribution is 5.96. The van der Waals surface area contributed by atoms with Gasteiger partial charge < -0.3 is 9.30 Å². The van der Waals surface area contributed by atoms with Crippen LogP contribution in [0.1, 0.15) is 0 Å².